The summed E-state index contributed by atoms with van der Waals surface area (Å²) < 4.78 is 36.1. The predicted octanol–water partition coefficient (Wildman–Crippen LogP) is 2.21. The van der Waals surface area contributed by atoms with Gasteiger partial charge in [0.2, 0.25) is 5.91 Å². The lowest BCUT2D eigenvalue weighted by atomic mass is 10.1. The molecule has 106 valence electrons. The normalized spacial score (nSPS) is 13.1. The third kappa shape index (κ3) is 5.67. The Morgan fingerprint density at radius 1 is 1.42 bits per heavy atom. The highest BCUT2D eigenvalue weighted by molar-refractivity contribution is 5.76. The van der Waals surface area contributed by atoms with Gasteiger partial charge in [-0.2, -0.15) is 13.2 Å². The summed E-state index contributed by atoms with van der Waals surface area (Å²) in [5.41, 5.74) is 0.700. The summed E-state index contributed by atoms with van der Waals surface area (Å²) in [6, 6.07) is -0.225. The first-order chi connectivity index (χ1) is 8.79. The maximum atomic E-state index is 12.0. The molecular formula is C12H16F3N3O. The number of alkyl halides is 3. The summed E-state index contributed by atoms with van der Waals surface area (Å²) in [6.45, 7) is 1.76. The Morgan fingerprint density at radius 3 is 2.63 bits per heavy atom. The molecule has 0 aromatic carbocycles. The molecule has 0 unspecified atom stereocenters. The summed E-state index contributed by atoms with van der Waals surface area (Å²) in [5.74, 6) is -0.520. The van der Waals surface area contributed by atoms with Crippen LogP contribution in [0.25, 0.3) is 0 Å². The molecule has 1 aromatic rings. The SMILES string of the molecule is C[C@@H](Cc1cnccn1)N(C)C(=O)CCC(F)(F)F. The highest BCUT2D eigenvalue weighted by atomic mass is 19.4. The van der Waals surface area contributed by atoms with E-state index in [9.17, 15) is 18.0 Å². The molecule has 1 amide bonds. The molecule has 0 saturated carbocycles. The van der Waals surface area contributed by atoms with Gasteiger partial charge in [-0.25, -0.2) is 0 Å². The Morgan fingerprint density at radius 2 is 2.11 bits per heavy atom. The molecule has 0 aliphatic carbocycles. The Hall–Kier alpha value is -1.66. The third-order valence-electron chi connectivity index (χ3n) is 2.80. The molecule has 0 bridgehead atoms. The molecule has 4 nitrogen and oxygen atoms in total. The van der Waals surface area contributed by atoms with E-state index in [1.165, 1.54) is 24.3 Å². The summed E-state index contributed by atoms with van der Waals surface area (Å²) in [6.07, 6.45) is -0.810. The molecule has 1 atom stereocenters. The number of amides is 1. The van der Waals surface area contributed by atoms with Gasteiger partial charge in [0.05, 0.1) is 12.1 Å². The Labute approximate surface area is 109 Å². The number of halogens is 3. The first-order valence-corrected chi connectivity index (χ1v) is 5.87. The van der Waals surface area contributed by atoms with E-state index in [1.807, 2.05) is 0 Å². The van der Waals surface area contributed by atoms with Crippen LogP contribution in [0.5, 0.6) is 0 Å². The number of carbonyl (C=O) groups excluding carboxylic acids is 1. The van der Waals surface area contributed by atoms with Crippen LogP contribution in [0.2, 0.25) is 0 Å². The second-order valence-electron chi connectivity index (χ2n) is 4.37. The van der Waals surface area contributed by atoms with Crippen LogP contribution in [0.3, 0.4) is 0 Å². The lowest BCUT2D eigenvalue weighted by molar-refractivity contribution is -0.149. The van der Waals surface area contributed by atoms with Crippen LogP contribution in [-0.4, -0.2) is 40.0 Å². The highest BCUT2D eigenvalue weighted by Gasteiger charge is 2.29. The largest absolute Gasteiger partial charge is 0.389 e. The fourth-order valence-corrected chi connectivity index (χ4v) is 1.55. The summed E-state index contributed by atoms with van der Waals surface area (Å²) >= 11 is 0. The standard InChI is InChI=1S/C12H16F3N3O/c1-9(7-10-8-16-5-6-17-10)18(2)11(19)3-4-12(13,14)15/h5-6,8-9H,3-4,7H2,1-2H3/t9-/m0/s1. The van der Waals surface area contributed by atoms with E-state index in [1.54, 1.807) is 13.1 Å². The van der Waals surface area contributed by atoms with Crippen molar-refractivity contribution in [1.82, 2.24) is 14.9 Å². The minimum absolute atomic E-state index is 0.225. The molecule has 0 radical (unpaired) electrons. The molecule has 19 heavy (non-hydrogen) atoms. The van der Waals surface area contributed by atoms with E-state index >= 15 is 0 Å². The second kappa shape index (κ2) is 6.49. The first kappa shape index (κ1) is 15.4. The zero-order chi connectivity index (χ0) is 14.5. The van der Waals surface area contributed by atoms with Crippen LogP contribution >= 0.6 is 0 Å². The van der Waals surface area contributed by atoms with Crippen molar-refractivity contribution in [2.24, 2.45) is 0 Å². The molecular weight excluding hydrogens is 259 g/mol. The van der Waals surface area contributed by atoms with E-state index in [2.05, 4.69) is 9.97 Å². The zero-order valence-corrected chi connectivity index (χ0v) is 10.8. The number of carbonyl (C=O) groups is 1. The summed E-state index contributed by atoms with van der Waals surface area (Å²) in [4.78, 5) is 20.9. The van der Waals surface area contributed by atoms with Crippen molar-refractivity contribution in [2.75, 3.05) is 7.05 Å². The van der Waals surface area contributed by atoms with Crippen molar-refractivity contribution in [3.63, 3.8) is 0 Å². The number of nitrogens with zero attached hydrogens (tertiary/aromatic N) is 3. The van der Waals surface area contributed by atoms with Gasteiger partial charge in [-0.15, -0.1) is 0 Å². The van der Waals surface area contributed by atoms with E-state index in [0.29, 0.717) is 12.1 Å². The van der Waals surface area contributed by atoms with E-state index in [-0.39, 0.29) is 6.04 Å². The minimum Gasteiger partial charge on any atom is -0.343 e. The van der Waals surface area contributed by atoms with Crippen molar-refractivity contribution >= 4 is 5.91 Å². The minimum atomic E-state index is -4.30. The summed E-state index contributed by atoms with van der Waals surface area (Å²) in [5, 5.41) is 0. The first-order valence-electron chi connectivity index (χ1n) is 5.87. The van der Waals surface area contributed by atoms with Gasteiger partial charge in [0.25, 0.3) is 0 Å². The number of hydrogen-bond acceptors (Lipinski definition) is 3. The van der Waals surface area contributed by atoms with Crippen LogP contribution in [0.4, 0.5) is 13.2 Å². The molecule has 0 aliphatic heterocycles. The lowest BCUT2D eigenvalue weighted by Crippen LogP contribution is -2.37. The molecule has 0 spiro atoms. The number of rotatable bonds is 5. The predicted molar refractivity (Wildman–Crippen MR) is 63.3 cm³/mol. The van der Waals surface area contributed by atoms with E-state index in [0.717, 1.165) is 0 Å². The molecule has 0 saturated heterocycles. The van der Waals surface area contributed by atoms with Gasteiger partial charge in [0.1, 0.15) is 0 Å². The number of hydrogen-bond donors (Lipinski definition) is 0. The Bertz CT molecular complexity index is 408. The van der Waals surface area contributed by atoms with Gasteiger partial charge in [-0.05, 0) is 6.92 Å². The smallest absolute Gasteiger partial charge is 0.343 e. The van der Waals surface area contributed by atoms with E-state index < -0.39 is 24.9 Å². The second-order valence-corrected chi connectivity index (χ2v) is 4.37. The molecule has 0 N–H and O–H groups in total. The van der Waals surface area contributed by atoms with Gasteiger partial charge < -0.3 is 4.90 Å². The average Bonchev–Trinajstić information content (AvgIpc) is 2.35. The van der Waals surface area contributed by atoms with Crippen LogP contribution in [0, 0.1) is 0 Å². The Balaban J connectivity index is 2.48. The van der Waals surface area contributed by atoms with Crippen molar-refractivity contribution in [3.05, 3.63) is 24.3 Å². The topological polar surface area (TPSA) is 46.1 Å². The average molecular weight is 275 g/mol. The highest BCUT2D eigenvalue weighted by Crippen LogP contribution is 2.22. The van der Waals surface area contributed by atoms with Crippen molar-refractivity contribution in [2.45, 2.75) is 38.4 Å². The number of likely N-dealkylation sites (N-methyl/N-ethyl adjacent to an activating group) is 1. The van der Waals surface area contributed by atoms with Gasteiger partial charge in [-0.1, -0.05) is 0 Å². The van der Waals surface area contributed by atoms with Crippen LogP contribution in [-0.2, 0) is 11.2 Å². The van der Waals surface area contributed by atoms with Gasteiger partial charge in [0, 0.05) is 44.5 Å². The van der Waals surface area contributed by atoms with Crippen LogP contribution < -0.4 is 0 Å². The molecule has 1 aromatic heterocycles. The van der Waals surface area contributed by atoms with E-state index in [4.69, 9.17) is 0 Å². The van der Waals surface area contributed by atoms with Gasteiger partial charge in [0.15, 0.2) is 0 Å². The van der Waals surface area contributed by atoms with Gasteiger partial charge >= 0.3 is 6.18 Å². The maximum Gasteiger partial charge on any atom is 0.389 e. The van der Waals surface area contributed by atoms with Crippen molar-refractivity contribution in [1.29, 1.82) is 0 Å². The monoisotopic (exact) mass is 275 g/mol. The maximum absolute atomic E-state index is 12.0. The fraction of sp³-hybridized carbons (Fsp3) is 0.583. The van der Waals surface area contributed by atoms with Crippen molar-refractivity contribution < 1.29 is 18.0 Å². The molecule has 0 fully saturated rings. The third-order valence-corrected chi connectivity index (χ3v) is 2.80. The van der Waals surface area contributed by atoms with Crippen LogP contribution in [0.1, 0.15) is 25.5 Å². The zero-order valence-electron chi connectivity index (χ0n) is 10.8. The molecule has 1 heterocycles. The number of aromatic nitrogens is 2. The Kier molecular flexibility index (Phi) is 5.26. The fourth-order valence-electron chi connectivity index (χ4n) is 1.55. The lowest BCUT2D eigenvalue weighted by Gasteiger charge is -2.25. The van der Waals surface area contributed by atoms with Gasteiger partial charge in [-0.3, -0.25) is 14.8 Å². The van der Waals surface area contributed by atoms with Crippen molar-refractivity contribution in [3.8, 4) is 0 Å². The molecule has 7 heteroatoms. The molecule has 1 rings (SSSR count). The molecule has 0 aliphatic rings. The van der Waals surface area contributed by atoms with Crippen LogP contribution in [0.15, 0.2) is 18.6 Å². The summed E-state index contributed by atoms with van der Waals surface area (Å²) in [7, 11) is 1.50. The quantitative estimate of drug-likeness (QED) is 0.827.